The van der Waals surface area contributed by atoms with E-state index >= 15 is 0 Å². The van der Waals surface area contributed by atoms with Crippen LogP contribution in [0.1, 0.15) is 50.7 Å². The second-order valence-corrected chi connectivity index (χ2v) is 4.54. The summed E-state index contributed by atoms with van der Waals surface area (Å²) in [7, 11) is 0. The predicted molar refractivity (Wildman–Crippen MR) is 63.4 cm³/mol. The molecule has 1 aliphatic rings. The molecule has 1 aromatic heterocycles. The molecule has 17 heavy (non-hydrogen) atoms. The van der Waals surface area contributed by atoms with E-state index in [2.05, 4.69) is 10.1 Å². The van der Waals surface area contributed by atoms with Gasteiger partial charge in [-0.15, -0.1) is 0 Å². The molecule has 2 rings (SSSR count). The summed E-state index contributed by atoms with van der Waals surface area (Å²) in [5.74, 6) is 1.40. The van der Waals surface area contributed by atoms with Gasteiger partial charge in [-0.1, -0.05) is 5.16 Å². The number of rotatable bonds is 6. The Hall–Kier alpha value is -0.940. The molecule has 0 radical (unpaired) electrons. The van der Waals surface area contributed by atoms with E-state index in [0.717, 1.165) is 31.5 Å². The number of aryl methyl sites for hydroxylation is 1. The van der Waals surface area contributed by atoms with Gasteiger partial charge < -0.3 is 15.0 Å². The minimum Gasteiger partial charge on any atom is -0.367 e. The quantitative estimate of drug-likeness (QED) is 0.818. The second-order valence-electron chi connectivity index (χ2n) is 4.54. The first-order chi connectivity index (χ1) is 8.30. The van der Waals surface area contributed by atoms with E-state index in [1.807, 2.05) is 6.92 Å². The third-order valence-corrected chi connectivity index (χ3v) is 3.30. The van der Waals surface area contributed by atoms with Gasteiger partial charge in [-0.05, 0) is 45.6 Å². The minimum absolute atomic E-state index is 0.292. The molecule has 1 fully saturated rings. The Morgan fingerprint density at radius 3 is 2.82 bits per heavy atom. The number of hydrogen-bond donors (Lipinski definition) is 1. The predicted octanol–water partition coefficient (Wildman–Crippen LogP) is 1.77. The third-order valence-electron chi connectivity index (χ3n) is 3.30. The van der Waals surface area contributed by atoms with Crippen LogP contribution in [-0.2, 0) is 16.8 Å². The van der Waals surface area contributed by atoms with Crippen LogP contribution in [0, 0.1) is 0 Å². The Morgan fingerprint density at radius 1 is 1.41 bits per heavy atom. The monoisotopic (exact) mass is 239 g/mol. The van der Waals surface area contributed by atoms with E-state index in [0.29, 0.717) is 19.0 Å². The van der Waals surface area contributed by atoms with Gasteiger partial charge in [0.1, 0.15) is 5.60 Å². The van der Waals surface area contributed by atoms with Gasteiger partial charge in [0.25, 0.3) is 0 Å². The molecule has 96 valence electrons. The maximum Gasteiger partial charge on any atom is 0.226 e. The fourth-order valence-corrected chi connectivity index (χ4v) is 2.45. The van der Waals surface area contributed by atoms with Crippen molar-refractivity contribution >= 4 is 0 Å². The number of hydrogen-bond acceptors (Lipinski definition) is 5. The summed E-state index contributed by atoms with van der Waals surface area (Å²) in [6.45, 7) is 3.34. The van der Waals surface area contributed by atoms with E-state index < -0.39 is 0 Å². The molecule has 1 aliphatic carbocycles. The van der Waals surface area contributed by atoms with Crippen molar-refractivity contribution in [1.82, 2.24) is 10.1 Å². The maximum absolute atomic E-state index is 5.88. The number of nitrogens with zero attached hydrogens (tertiary/aromatic N) is 2. The van der Waals surface area contributed by atoms with Crippen molar-refractivity contribution in [3.05, 3.63) is 11.7 Å². The molecule has 0 bridgehead atoms. The number of aromatic nitrogens is 2. The van der Waals surface area contributed by atoms with Crippen molar-refractivity contribution in [2.45, 2.75) is 51.0 Å². The Balaban J connectivity index is 2.10. The highest BCUT2D eigenvalue weighted by atomic mass is 16.5. The van der Waals surface area contributed by atoms with E-state index in [4.69, 9.17) is 15.0 Å². The van der Waals surface area contributed by atoms with Gasteiger partial charge in [0, 0.05) is 13.0 Å². The highest BCUT2D eigenvalue weighted by Gasteiger charge is 2.40. The zero-order chi connectivity index (χ0) is 12.1. The highest BCUT2D eigenvalue weighted by Crippen LogP contribution is 2.40. The van der Waals surface area contributed by atoms with Crippen LogP contribution in [0.5, 0.6) is 0 Å². The first-order valence-corrected chi connectivity index (χ1v) is 6.48. The van der Waals surface area contributed by atoms with Crippen molar-refractivity contribution in [2.24, 2.45) is 5.73 Å². The van der Waals surface area contributed by atoms with E-state index in [1.165, 1.54) is 12.8 Å². The lowest BCUT2D eigenvalue weighted by atomic mass is 10.0. The SMILES string of the molecule is CCOC1(c2noc(CCCN)n2)CCCC1. The summed E-state index contributed by atoms with van der Waals surface area (Å²) in [6, 6.07) is 0. The summed E-state index contributed by atoms with van der Waals surface area (Å²) in [5.41, 5.74) is 5.17. The van der Waals surface area contributed by atoms with Crippen molar-refractivity contribution in [1.29, 1.82) is 0 Å². The number of ether oxygens (including phenoxy) is 1. The fourth-order valence-electron chi connectivity index (χ4n) is 2.45. The van der Waals surface area contributed by atoms with Gasteiger partial charge in [-0.25, -0.2) is 0 Å². The summed E-state index contributed by atoms with van der Waals surface area (Å²) < 4.78 is 11.1. The molecular formula is C12H21N3O2. The molecule has 0 aliphatic heterocycles. The molecule has 0 saturated heterocycles. The zero-order valence-electron chi connectivity index (χ0n) is 10.4. The van der Waals surface area contributed by atoms with E-state index in [1.54, 1.807) is 0 Å². The molecule has 1 heterocycles. The lowest BCUT2D eigenvalue weighted by Crippen LogP contribution is -2.27. The smallest absolute Gasteiger partial charge is 0.226 e. The average Bonchev–Trinajstić information content (AvgIpc) is 2.96. The summed E-state index contributed by atoms with van der Waals surface area (Å²) in [5, 5.41) is 4.09. The number of nitrogens with two attached hydrogens (primary N) is 1. The van der Waals surface area contributed by atoms with Gasteiger partial charge >= 0.3 is 0 Å². The minimum atomic E-state index is -0.292. The first kappa shape index (κ1) is 12.5. The summed E-state index contributed by atoms with van der Waals surface area (Å²) in [4.78, 5) is 4.46. The Bertz CT molecular complexity index is 345. The molecule has 1 aromatic rings. The van der Waals surface area contributed by atoms with Crippen molar-refractivity contribution < 1.29 is 9.26 Å². The van der Waals surface area contributed by atoms with Gasteiger partial charge in [0.05, 0.1) is 0 Å². The average molecular weight is 239 g/mol. The van der Waals surface area contributed by atoms with Gasteiger partial charge in [0.15, 0.2) is 0 Å². The Labute approximate surface area is 102 Å². The van der Waals surface area contributed by atoms with Crippen LogP contribution in [0.25, 0.3) is 0 Å². The molecule has 0 aromatic carbocycles. The highest BCUT2D eigenvalue weighted by molar-refractivity contribution is 5.04. The van der Waals surface area contributed by atoms with Crippen LogP contribution in [0.2, 0.25) is 0 Å². The van der Waals surface area contributed by atoms with Crippen LogP contribution < -0.4 is 5.73 Å². The molecule has 5 heteroatoms. The lowest BCUT2D eigenvalue weighted by Gasteiger charge is -2.24. The zero-order valence-corrected chi connectivity index (χ0v) is 10.4. The van der Waals surface area contributed by atoms with Gasteiger partial charge in [0.2, 0.25) is 11.7 Å². The van der Waals surface area contributed by atoms with Crippen LogP contribution in [-0.4, -0.2) is 23.3 Å². The fraction of sp³-hybridized carbons (Fsp3) is 0.833. The van der Waals surface area contributed by atoms with Crippen LogP contribution in [0.15, 0.2) is 4.52 Å². The lowest BCUT2D eigenvalue weighted by molar-refractivity contribution is -0.0469. The maximum atomic E-state index is 5.88. The first-order valence-electron chi connectivity index (χ1n) is 6.48. The van der Waals surface area contributed by atoms with E-state index in [9.17, 15) is 0 Å². The van der Waals surface area contributed by atoms with Crippen molar-refractivity contribution in [3.63, 3.8) is 0 Å². The molecule has 2 N–H and O–H groups in total. The van der Waals surface area contributed by atoms with Crippen LogP contribution >= 0.6 is 0 Å². The molecule has 0 unspecified atom stereocenters. The second kappa shape index (κ2) is 5.60. The normalized spacial score (nSPS) is 18.7. The summed E-state index contributed by atoms with van der Waals surface area (Å²) >= 11 is 0. The molecule has 0 spiro atoms. The van der Waals surface area contributed by atoms with Crippen LogP contribution in [0.3, 0.4) is 0 Å². The van der Waals surface area contributed by atoms with Gasteiger partial charge in [-0.3, -0.25) is 0 Å². The standard InChI is InChI=1S/C12H21N3O2/c1-2-16-12(7-3-4-8-12)11-14-10(17-15-11)6-5-9-13/h2-9,13H2,1H3. The van der Waals surface area contributed by atoms with Gasteiger partial charge in [-0.2, -0.15) is 4.98 Å². The molecule has 0 amide bonds. The topological polar surface area (TPSA) is 74.2 Å². The third kappa shape index (κ3) is 2.66. The van der Waals surface area contributed by atoms with Crippen molar-refractivity contribution in [3.8, 4) is 0 Å². The Kier molecular flexibility index (Phi) is 4.12. The molecule has 0 atom stereocenters. The Morgan fingerprint density at radius 2 is 2.18 bits per heavy atom. The largest absolute Gasteiger partial charge is 0.367 e. The van der Waals surface area contributed by atoms with Crippen LogP contribution in [0.4, 0.5) is 0 Å². The summed E-state index contributed by atoms with van der Waals surface area (Å²) in [6.07, 6.45) is 5.97. The van der Waals surface area contributed by atoms with Crippen molar-refractivity contribution in [2.75, 3.05) is 13.2 Å². The molecular weight excluding hydrogens is 218 g/mol. The van der Waals surface area contributed by atoms with E-state index in [-0.39, 0.29) is 5.60 Å². The molecule has 1 saturated carbocycles. The molecule has 5 nitrogen and oxygen atoms in total.